The van der Waals surface area contributed by atoms with E-state index < -0.39 is 41.3 Å². The molecule has 1 amide bonds. The molecule has 0 atom stereocenters. The van der Waals surface area contributed by atoms with E-state index in [4.69, 9.17) is 4.42 Å². The number of hydrogen-bond donors (Lipinski definition) is 2. The number of nitrogens with one attached hydrogen (secondary N) is 2. The Kier molecular flexibility index (Phi) is 4.63. The first-order chi connectivity index (χ1) is 13.9. The van der Waals surface area contributed by atoms with Crippen molar-refractivity contribution in [3.8, 4) is 11.5 Å². The Labute approximate surface area is 160 Å². The van der Waals surface area contributed by atoms with Gasteiger partial charge < -0.3 is 9.73 Å². The molecule has 0 saturated carbocycles. The van der Waals surface area contributed by atoms with E-state index in [1.165, 1.54) is 24.7 Å². The van der Waals surface area contributed by atoms with E-state index in [1.807, 2.05) is 0 Å². The number of aromatic amines is 1. The van der Waals surface area contributed by atoms with E-state index in [0.29, 0.717) is 11.5 Å². The highest BCUT2D eigenvalue weighted by Crippen LogP contribution is 2.21. The van der Waals surface area contributed by atoms with Gasteiger partial charge in [0.25, 0.3) is 5.91 Å². The monoisotopic (exact) mass is 405 g/mol. The third-order valence-corrected chi connectivity index (χ3v) is 4.02. The summed E-state index contributed by atoms with van der Waals surface area (Å²) in [4.78, 5) is 12.3. The summed E-state index contributed by atoms with van der Waals surface area (Å²) in [6, 6.07) is 5.11. The minimum atomic E-state index is -1.77. The Morgan fingerprint density at radius 1 is 1.17 bits per heavy atom. The minimum Gasteiger partial charge on any atom is -0.463 e. The van der Waals surface area contributed by atoms with Gasteiger partial charge in [0, 0.05) is 23.9 Å². The summed E-state index contributed by atoms with van der Waals surface area (Å²) < 4.78 is 60.1. The number of carbonyl (C=O) groups excluding carboxylic acids is 1. The molecule has 3 heterocycles. The third kappa shape index (κ3) is 3.61. The van der Waals surface area contributed by atoms with E-state index in [-0.39, 0.29) is 17.4 Å². The molecule has 148 valence electrons. The highest BCUT2D eigenvalue weighted by Gasteiger charge is 2.20. The van der Waals surface area contributed by atoms with Crippen LogP contribution in [-0.4, -0.2) is 25.9 Å². The van der Waals surface area contributed by atoms with Crippen LogP contribution in [0.4, 0.5) is 23.2 Å². The van der Waals surface area contributed by atoms with Gasteiger partial charge >= 0.3 is 0 Å². The zero-order valence-electron chi connectivity index (χ0n) is 14.4. The van der Waals surface area contributed by atoms with Crippen molar-refractivity contribution in [2.75, 3.05) is 5.32 Å². The van der Waals surface area contributed by atoms with E-state index in [1.54, 1.807) is 12.1 Å². The van der Waals surface area contributed by atoms with Crippen molar-refractivity contribution in [1.82, 2.24) is 20.0 Å². The predicted molar refractivity (Wildman–Crippen MR) is 91.8 cm³/mol. The van der Waals surface area contributed by atoms with Crippen molar-refractivity contribution >= 4 is 11.6 Å². The molecule has 0 saturated heterocycles. The van der Waals surface area contributed by atoms with Crippen molar-refractivity contribution in [2.45, 2.75) is 6.54 Å². The molecule has 3 aromatic heterocycles. The van der Waals surface area contributed by atoms with Crippen LogP contribution in [-0.2, 0) is 6.54 Å². The standard InChI is InChI=1S/C18H11F4N5O2/c19-11-4-12(20)17(22)16(21)10(11)8-27-7-9(6-23-27)24-18(28)14-5-13(25-26-14)15-2-1-3-29-15/h1-7H,8H2,(H,24,28)(H,25,26). The van der Waals surface area contributed by atoms with Crippen molar-refractivity contribution < 1.29 is 26.8 Å². The van der Waals surface area contributed by atoms with Crippen molar-refractivity contribution in [3.63, 3.8) is 0 Å². The SMILES string of the molecule is O=C(Nc1cnn(Cc2c(F)cc(F)c(F)c2F)c1)c1cc(-c2ccco2)[nH]n1. The van der Waals surface area contributed by atoms with Gasteiger partial charge in [0.05, 0.1) is 24.7 Å². The van der Waals surface area contributed by atoms with Gasteiger partial charge in [-0.05, 0) is 12.1 Å². The van der Waals surface area contributed by atoms with Crippen LogP contribution in [0.3, 0.4) is 0 Å². The molecule has 0 radical (unpaired) electrons. The number of hydrogen-bond acceptors (Lipinski definition) is 4. The quantitative estimate of drug-likeness (QED) is 0.301. The maximum Gasteiger partial charge on any atom is 0.276 e. The average Bonchev–Trinajstić information content (AvgIpc) is 3.44. The highest BCUT2D eigenvalue weighted by atomic mass is 19.2. The summed E-state index contributed by atoms with van der Waals surface area (Å²) in [7, 11) is 0. The van der Waals surface area contributed by atoms with Crippen molar-refractivity contribution in [3.05, 3.63) is 77.4 Å². The molecule has 4 rings (SSSR count). The van der Waals surface area contributed by atoms with E-state index in [2.05, 4.69) is 20.6 Å². The molecule has 4 aromatic rings. The largest absolute Gasteiger partial charge is 0.463 e. The number of H-pyrrole nitrogens is 1. The van der Waals surface area contributed by atoms with Crippen LogP contribution in [0.25, 0.3) is 11.5 Å². The molecular weight excluding hydrogens is 394 g/mol. The second-order valence-electron chi connectivity index (χ2n) is 5.97. The Morgan fingerprint density at radius 3 is 2.76 bits per heavy atom. The number of furan rings is 1. The maximum atomic E-state index is 13.8. The molecule has 0 aliphatic heterocycles. The lowest BCUT2D eigenvalue weighted by molar-refractivity contribution is 0.102. The molecule has 11 heteroatoms. The molecule has 0 unspecified atom stereocenters. The molecule has 0 aliphatic rings. The van der Waals surface area contributed by atoms with Crippen LogP contribution in [0.1, 0.15) is 16.1 Å². The molecular formula is C18H11F4N5O2. The number of carbonyl (C=O) groups is 1. The minimum absolute atomic E-state index is 0.0712. The third-order valence-electron chi connectivity index (χ3n) is 4.02. The van der Waals surface area contributed by atoms with Gasteiger partial charge in [0.2, 0.25) is 0 Å². The number of benzene rings is 1. The van der Waals surface area contributed by atoms with Crippen LogP contribution >= 0.6 is 0 Å². The Bertz CT molecular complexity index is 1180. The molecule has 0 spiro atoms. The topological polar surface area (TPSA) is 88.7 Å². The van der Waals surface area contributed by atoms with Crippen molar-refractivity contribution in [1.29, 1.82) is 0 Å². The zero-order valence-corrected chi connectivity index (χ0v) is 14.4. The first kappa shape index (κ1) is 18.5. The number of halogens is 4. The zero-order chi connectivity index (χ0) is 20.5. The molecule has 2 N–H and O–H groups in total. The van der Waals surface area contributed by atoms with Crippen molar-refractivity contribution in [2.24, 2.45) is 0 Å². The number of anilines is 1. The summed E-state index contributed by atoms with van der Waals surface area (Å²) in [5, 5.41) is 12.9. The fourth-order valence-electron chi connectivity index (χ4n) is 2.62. The van der Waals surface area contributed by atoms with E-state index >= 15 is 0 Å². The molecule has 1 aromatic carbocycles. The predicted octanol–water partition coefficient (Wildman–Crippen LogP) is 3.72. The fraction of sp³-hybridized carbons (Fsp3) is 0.0556. The normalized spacial score (nSPS) is 11.0. The number of aromatic nitrogens is 4. The number of rotatable bonds is 5. The molecule has 0 bridgehead atoms. The summed E-state index contributed by atoms with van der Waals surface area (Å²) in [5.41, 5.74) is 0.0863. The van der Waals surface area contributed by atoms with Crippen LogP contribution in [0, 0.1) is 23.3 Å². The summed E-state index contributed by atoms with van der Waals surface area (Å²) in [6.07, 6.45) is 3.98. The Hall–Kier alpha value is -3.89. The Morgan fingerprint density at radius 2 is 2.00 bits per heavy atom. The van der Waals surface area contributed by atoms with Crippen LogP contribution in [0.15, 0.2) is 47.3 Å². The second-order valence-corrected chi connectivity index (χ2v) is 5.97. The lowest BCUT2D eigenvalue weighted by Crippen LogP contribution is -2.12. The molecule has 0 aliphatic carbocycles. The van der Waals surface area contributed by atoms with Crippen LogP contribution in [0.5, 0.6) is 0 Å². The molecule has 29 heavy (non-hydrogen) atoms. The smallest absolute Gasteiger partial charge is 0.276 e. The van der Waals surface area contributed by atoms with Gasteiger partial charge in [-0.2, -0.15) is 10.2 Å². The van der Waals surface area contributed by atoms with Gasteiger partial charge in [-0.3, -0.25) is 14.6 Å². The maximum absolute atomic E-state index is 13.8. The summed E-state index contributed by atoms with van der Waals surface area (Å²) in [5.74, 6) is -6.34. The number of nitrogens with zero attached hydrogens (tertiary/aromatic N) is 3. The van der Waals surface area contributed by atoms with E-state index in [9.17, 15) is 22.4 Å². The lowest BCUT2D eigenvalue weighted by Gasteiger charge is -2.06. The molecule has 7 nitrogen and oxygen atoms in total. The average molecular weight is 405 g/mol. The molecule has 0 fully saturated rings. The summed E-state index contributed by atoms with van der Waals surface area (Å²) in [6.45, 7) is -0.504. The van der Waals surface area contributed by atoms with Gasteiger partial charge in [-0.1, -0.05) is 0 Å². The van der Waals surface area contributed by atoms with Crippen LogP contribution in [0.2, 0.25) is 0 Å². The number of amides is 1. The lowest BCUT2D eigenvalue weighted by atomic mass is 10.2. The van der Waals surface area contributed by atoms with Gasteiger partial charge in [-0.25, -0.2) is 17.6 Å². The highest BCUT2D eigenvalue weighted by molar-refractivity contribution is 6.03. The first-order valence-corrected chi connectivity index (χ1v) is 8.17. The van der Waals surface area contributed by atoms with Gasteiger partial charge in [0.15, 0.2) is 28.9 Å². The second kappa shape index (κ2) is 7.26. The van der Waals surface area contributed by atoms with E-state index in [0.717, 1.165) is 4.68 Å². The Balaban J connectivity index is 1.47. The fourth-order valence-corrected chi connectivity index (χ4v) is 2.62. The van der Waals surface area contributed by atoms with Gasteiger partial charge in [-0.15, -0.1) is 0 Å². The van der Waals surface area contributed by atoms with Gasteiger partial charge in [0.1, 0.15) is 11.5 Å². The van der Waals surface area contributed by atoms with Crippen LogP contribution < -0.4 is 5.32 Å². The first-order valence-electron chi connectivity index (χ1n) is 8.17. The summed E-state index contributed by atoms with van der Waals surface area (Å²) >= 11 is 0.